The molecule has 0 bridgehead atoms. The monoisotopic (exact) mass is 752 g/mol. The Kier molecular flexibility index (Phi) is 15.3. The third kappa shape index (κ3) is 12.9. The van der Waals surface area contributed by atoms with Crippen LogP contribution in [0, 0.1) is 11.6 Å². The van der Waals surface area contributed by atoms with Gasteiger partial charge in [-0.05, 0) is 87.4 Å². The van der Waals surface area contributed by atoms with Crippen LogP contribution in [0.25, 0.3) is 22.3 Å². The number of halogens is 2. The third-order valence-electron chi connectivity index (χ3n) is 7.05. The van der Waals surface area contributed by atoms with Gasteiger partial charge in [-0.1, -0.05) is 56.6 Å². The van der Waals surface area contributed by atoms with Crippen LogP contribution < -0.4 is 14.2 Å². The summed E-state index contributed by atoms with van der Waals surface area (Å²) in [6.07, 6.45) is 0. The van der Waals surface area contributed by atoms with Gasteiger partial charge in [-0.15, -0.1) is 0 Å². The zero-order valence-corrected chi connectivity index (χ0v) is 30.7. The number of carbonyl (C=O) groups excluding carboxylic acids is 5. The summed E-state index contributed by atoms with van der Waals surface area (Å²) >= 11 is 0. The number of esters is 5. The molecule has 12 heteroatoms. The summed E-state index contributed by atoms with van der Waals surface area (Å²) < 4.78 is 53.7. The van der Waals surface area contributed by atoms with Gasteiger partial charge in [0.05, 0.1) is 5.56 Å². The molecular formula is C43H38F2O10. The van der Waals surface area contributed by atoms with E-state index in [2.05, 4.69) is 26.3 Å². The van der Waals surface area contributed by atoms with Crippen LogP contribution in [0.1, 0.15) is 38.1 Å². The normalized spacial score (nSPS) is 10.1. The Hall–Kier alpha value is -6.95. The molecule has 55 heavy (non-hydrogen) atoms. The molecule has 0 unspecified atom stereocenters. The predicted molar refractivity (Wildman–Crippen MR) is 201 cm³/mol. The second-order valence-corrected chi connectivity index (χ2v) is 11.9. The van der Waals surface area contributed by atoms with E-state index in [1.165, 1.54) is 57.2 Å². The highest BCUT2D eigenvalue weighted by atomic mass is 19.1. The Morgan fingerprint density at radius 1 is 0.473 bits per heavy atom. The standard InChI is InChI=1S/C23H21FO6.C20H17FO4/c1-14(2)21(25)28-11-12-29-23(27)17-7-10-19(20(24)13-17)16-5-8-18(9-6-16)30-22(26)15(3)4;1-12(2)19(22)24-15-7-5-14(6-8-15)17-10-9-16(11-18(17)21)25-20(23)13(3)4/h5-10,13H,1,3,11-12H2,2,4H3;5-11H,1,3H2,2,4H3. The van der Waals surface area contributed by atoms with E-state index in [1.807, 2.05) is 0 Å². The molecule has 0 aliphatic rings. The maximum atomic E-state index is 14.5. The molecule has 0 N–H and O–H groups in total. The molecule has 284 valence electrons. The minimum absolute atomic E-state index is 0.0227. The fourth-order valence-electron chi connectivity index (χ4n) is 4.13. The van der Waals surface area contributed by atoms with E-state index >= 15 is 0 Å². The van der Waals surface area contributed by atoms with Crippen molar-refractivity contribution in [1.82, 2.24) is 0 Å². The Morgan fingerprint density at radius 2 is 0.836 bits per heavy atom. The van der Waals surface area contributed by atoms with Crippen LogP contribution in [0.5, 0.6) is 17.2 Å². The molecule has 4 rings (SSSR count). The van der Waals surface area contributed by atoms with Crippen LogP contribution in [0.15, 0.2) is 134 Å². The number of carbonyl (C=O) groups is 5. The first-order chi connectivity index (χ1) is 26.0. The number of hydrogen-bond acceptors (Lipinski definition) is 10. The molecular weight excluding hydrogens is 714 g/mol. The molecule has 4 aromatic carbocycles. The van der Waals surface area contributed by atoms with Gasteiger partial charge in [0.15, 0.2) is 0 Å². The van der Waals surface area contributed by atoms with E-state index in [-0.39, 0.29) is 52.4 Å². The van der Waals surface area contributed by atoms with Gasteiger partial charge in [0.1, 0.15) is 42.1 Å². The van der Waals surface area contributed by atoms with E-state index in [9.17, 15) is 32.8 Å². The van der Waals surface area contributed by atoms with E-state index in [4.69, 9.17) is 23.7 Å². The summed E-state index contributed by atoms with van der Waals surface area (Å²) in [5.74, 6) is -3.44. The fourth-order valence-corrected chi connectivity index (χ4v) is 4.13. The van der Waals surface area contributed by atoms with Gasteiger partial charge in [-0.2, -0.15) is 0 Å². The van der Waals surface area contributed by atoms with Gasteiger partial charge in [0, 0.05) is 39.5 Å². The van der Waals surface area contributed by atoms with Gasteiger partial charge in [-0.3, -0.25) is 0 Å². The highest BCUT2D eigenvalue weighted by Gasteiger charge is 2.15. The topological polar surface area (TPSA) is 132 Å². The van der Waals surface area contributed by atoms with Crippen molar-refractivity contribution < 1.29 is 56.4 Å². The Labute approximate surface area is 316 Å². The summed E-state index contributed by atoms with van der Waals surface area (Å²) in [4.78, 5) is 57.7. The Balaban J connectivity index is 0.000000300. The zero-order valence-electron chi connectivity index (χ0n) is 30.7. The summed E-state index contributed by atoms with van der Waals surface area (Å²) in [7, 11) is 0. The van der Waals surface area contributed by atoms with Crippen LogP contribution >= 0.6 is 0 Å². The van der Waals surface area contributed by atoms with E-state index in [0.717, 1.165) is 12.1 Å². The van der Waals surface area contributed by atoms with Crippen molar-refractivity contribution in [2.75, 3.05) is 13.2 Å². The van der Waals surface area contributed by atoms with E-state index < -0.39 is 41.5 Å². The molecule has 10 nitrogen and oxygen atoms in total. The lowest BCUT2D eigenvalue weighted by Gasteiger charge is -2.09. The molecule has 0 saturated heterocycles. The van der Waals surface area contributed by atoms with Crippen LogP contribution in [0.2, 0.25) is 0 Å². The fraction of sp³-hybridized carbons (Fsp3) is 0.140. The quantitative estimate of drug-likeness (QED) is 0.0566. The number of rotatable bonds is 13. The van der Waals surface area contributed by atoms with Crippen molar-refractivity contribution in [2.24, 2.45) is 0 Å². The number of hydrogen-bond donors (Lipinski definition) is 0. The highest BCUT2D eigenvalue weighted by Crippen LogP contribution is 2.29. The Bertz CT molecular complexity index is 2150. The summed E-state index contributed by atoms with van der Waals surface area (Å²) in [5.41, 5.74) is 2.75. The van der Waals surface area contributed by atoms with Crippen molar-refractivity contribution in [3.05, 3.63) is 151 Å². The average molecular weight is 753 g/mol. The first-order valence-electron chi connectivity index (χ1n) is 16.4. The second kappa shape index (κ2) is 19.8. The third-order valence-corrected chi connectivity index (χ3v) is 7.05. The first-order valence-corrected chi connectivity index (χ1v) is 16.4. The molecule has 4 aromatic rings. The lowest BCUT2D eigenvalue weighted by molar-refractivity contribution is -0.140. The summed E-state index contributed by atoms with van der Waals surface area (Å²) in [6, 6.07) is 20.7. The largest absolute Gasteiger partial charge is 0.459 e. The highest BCUT2D eigenvalue weighted by molar-refractivity contribution is 5.91. The molecule has 0 aliphatic carbocycles. The molecule has 0 saturated carbocycles. The minimum atomic E-state index is -0.742. The van der Waals surface area contributed by atoms with Gasteiger partial charge in [-0.25, -0.2) is 32.8 Å². The number of benzene rings is 4. The van der Waals surface area contributed by atoms with Crippen molar-refractivity contribution in [1.29, 1.82) is 0 Å². The Morgan fingerprint density at radius 3 is 1.24 bits per heavy atom. The van der Waals surface area contributed by atoms with Crippen molar-refractivity contribution in [3.8, 4) is 39.5 Å². The van der Waals surface area contributed by atoms with Crippen molar-refractivity contribution in [2.45, 2.75) is 27.7 Å². The average Bonchev–Trinajstić information content (AvgIpc) is 3.14. The van der Waals surface area contributed by atoms with Crippen molar-refractivity contribution in [3.63, 3.8) is 0 Å². The van der Waals surface area contributed by atoms with Gasteiger partial charge >= 0.3 is 29.8 Å². The molecule has 0 amide bonds. The van der Waals surface area contributed by atoms with Gasteiger partial charge in [0.25, 0.3) is 0 Å². The molecule has 0 spiro atoms. The van der Waals surface area contributed by atoms with Crippen LogP contribution in [0.3, 0.4) is 0 Å². The van der Waals surface area contributed by atoms with Gasteiger partial charge in [0.2, 0.25) is 0 Å². The first kappa shape index (κ1) is 42.5. The minimum Gasteiger partial charge on any atom is -0.459 e. The lowest BCUT2D eigenvalue weighted by Crippen LogP contribution is -2.14. The molecule has 0 aromatic heterocycles. The molecule has 0 radical (unpaired) electrons. The van der Waals surface area contributed by atoms with Gasteiger partial charge < -0.3 is 23.7 Å². The molecule has 0 fully saturated rings. The van der Waals surface area contributed by atoms with Crippen LogP contribution in [-0.4, -0.2) is 43.1 Å². The van der Waals surface area contributed by atoms with Crippen LogP contribution in [0.4, 0.5) is 8.78 Å². The molecule has 0 heterocycles. The van der Waals surface area contributed by atoms with E-state index in [1.54, 1.807) is 43.3 Å². The lowest BCUT2D eigenvalue weighted by atomic mass is 10.0. The number of ether oxygens (including phenoxy) is 5. The maximum absolute atomic E-state index is 14.5. The zero-order chi connectivity index (χ0) is 40.8. The second-order valence-electron chi connectivity index (χ2n) is 11.9. The van der Waals surface area contributed by atoms with E-state index in [0.29, 0.717) is 28.2 Å². The SMILES string of the molecule is C=C(C)C(=O)OCCOC(=O)c1ccc(-c2ccc(OC(=O)C(=C)C)cc2)c(F)c1.C=C(C)C(=O)Oc1ccc(-c2ccc(OC(=O)C(=C)C)cc2F)cc1. The molecule has 0 atom stereocenters. The van der Waals surface area contributed by atoms with Crippen molar-refractivity contribution >= 4 is 29.8 Å². The molecule has 0 aliphatic heterocycles. The van der Waals surface area contributed by atoms with Crippen LogP contribution in [-0.2, 0) is 28.7 Å². The maximum Gasteiger partial charge on any atom is 0.338 e. The summed E-state index contributed by atoms with van der Waals surface area (Å²) in [6.45, 7) is 19.7. The predicted octanol–water partition coefficient (Wildman–Crippen LogP) is 8.71. The summed E-state index contributed by atoms with van der Waals surface area (Å²) in [5, 5.41) is 0. The smallest absolute Gasteiger partial charge is 0.338 e.